The third kappa shape index (κ3) is 4.41. The minimum absolute atomic E-state index is 0.186. The lowest BCUT2D eigenvalue weighted by molar-refractivity contribution is -0.132. The lowest BCUT2D eigenvalue weighted by Crippen LogP contribution is -2.44. The molecular weight excluding hydrogens is 382 g/mol. The summed E-state index contributed by atoms with van der Waals surface area (Å²) < 4.78 is 0. The van der Waals surface area contributed by atoms with Crippen LogP contribution in [0.5, 0.6) is 0 Å². The van der Waals surface area contributed by atoms with Gasteiger partial charge in [-0.15, -0.1) is 11.3 Å². The van der Waals surface area contributed by atoms with E-state index < -0.39 is 0 Å². The van der Waals surface area contributed by atoms with Crippen LogP contribution in [0.2, 0.25) is 0 Å². The highest BCUT2D eigenvalue weighted by molar-refractivity contribution is 7.17. The zero-order chi connectivity index (χ0) is 20.2. The predicted octanol–water partition coefficient (Wildman–Crippen LogP) is 3.71. The van der Waals surface area contributed by atoms with Crippen LogP contribution in [0.25, 0.3) is 21.3 Å². The second kappa shape index (κ2) is 8.88. The van der Waals surface area contributed by atoms with Gasteiger partial charge in [0.25, 0.3) is 0 Å². The van der Waals surface area contributed by atoms with Gasteiger partial charge in [-0.2, -0.15) is 0 Å². The van der Waals surface area contributed by atoms with Crippen molar-refractivity contribution in [2.24, 2.45) is 0 Å². The maximum atomic E-state index is 12.7. The second-order valence-corrected chi connectivity index (χ2v) is 8.49. The standard InChI is InChI=1S/C22H27N5OS/c1-26-12-9-17(10-13-26)27(2)19(28)8-11-23-21-20-18(16-6-4-3-5-7-16)14-29-22(20)25-15-24-21/h3-7,14-15,17H,8-13H2,1-2H3,(H,23,24,25). The summed E-state index contributed by atoms with van der Waals surface area (Å²) >= 11 is 1.62. The Morgan fingerprint density at radius 1 is 1.24 bits per heavy atom. The van der Waals surface area contributed by atoms with Gasteiger partial charge in [-0.05, 0) is 38.5 Å². The van der Waals surface area contributed by atoms with E-state index in [0.717, 1.165) is 53.1 Å². The normalized spacial score (nSPS) is 15.5. The first-order valence-corrected chi connectivity index (χ1v) is 11.0. The number of likely N-dealkylation sites (tertiary alicyclic amines) is 1. The van der Waals surface area contributed by atoms with Crippen LogP contribution < -0.4 is 5.32 Å². The number of nitrogens with one attached hydrogen (secondary N) is 1. The molecule has 3 heterocycles. The molecular formula is C22H27N5OS. The highest BCUT2D eigenvalue weighted by Crippen LogP contribution is 2.36. The van der Waals surface area contributed by atoms with Crippen LogP contribution in [-0.2, 0) is 4.79 Å². The van der Waals surface area contributed by atoms with E-state index >= 15 is 0 Å². The number of rotatable bonds is 6. The fraction of sp³-hybridized carbons (Fsp3) is 0.409. The molecule has 6 nitrogen and oxygen atoms in total. The quantitative estimate of drug-likeness (QED) is 0.672. The number of anilines is 1. The van der Waals surface area contributed by atoms with Gasteiger partial charge in [0.15, 0.2) is 0 Å². The van der Waals surface area contributed by atoms with Gasteiger partial charge < -0.3 is 15.1 Å². The zero-order valence-corrected chi connectivity index (χ0v) is 17.8. The molecule has 152 valence electrons. The molecule has 1 saturated heterocycles. The summed E-state index contributed by atoms with van der Waals surface area (Å²) in [6.45, 7) is 2.67. The van der Waals surface area contributed by atoms with Gasteiger partial charge in [0.05, 0.1) is 5.39 Å². The monoisotopic (exact) mass is 409 g/mol. The fourth-order valence-electron chi connectivity index (χ4n) is 3.89. The molecule has 0 saturated carbocycles. The maximum absolute atomic E-state index is 12.7. The molecule has 1 fully saturated rings. The summed E-state index contributed by atoms with van der Waals surface area (Å²) in [6, 6.07) is 10.6. The van der Waals surface area contributed by atoms with Crippen molar-refractivity contribution in [3.05, 3.63) is 42.0 Å². The van der Waals surface area contributed by atoms with Crippen molar-refractivity contribution in [1.82, 2.24) is 19.8 Å². The molecule has 0 atom stereocenters. The first-order valence-electron chi connectivity index (χ1n) is 10.1. The Kier molecular flexibility index (Phi) is 6.06. The molecule has 0 aliphatic carbocycles. The van der Waals surface area contributed by atoms with Crippen molar-refractivity contribution in [2.75, 3.05) is 39.0 Å². The van der Waals surface area contributed by atoms with Crippen molar-refractivity contribution in [2.45, 2.75) is 25.3 Å². The van der Waals surface area contributed by atoms with Crippen LogP contribution >= 0.6 is 11.3 Å². The van der Waals surface area contributed by atoms with E-state index in [1.54, 1.807) is 17.7 Å². The number of carbonyl (C=O) groups excluding carboxylic acids is 1. The van der Waals surface area contributed by atoms with Gasteiger partial charge in [-0.1, -0.05) is 30.3 Å². The smallest absolute Gasteiger partial charge is 0.224 e. The molecule has 1 N–H and O–H groups in total. The van der Waals surface area contributed by atoms with E-state index in [-0.39, 0.29) is 5.91 Å². The van der Waals surface area contributed by atoms with Crippen LogP contribution in [0.3, 0.4) is 0 Å². The number of hydrogen-bond acceptors (Lipinski definition) is 6. The molecule has 1 aliphatic heterocycles. The van der Waals surface area contributed by atoms with Crippen LogP contribution in [0.4, 0.5) is 5.82 Å². The molecule has 0 bridgehead atoms. The lowest BCUT2D eigenvalue weighted by atomic mass is 10.0. The Hall–Kier alpha value is -2.51. The number of benzene rings is 1. The summed E-state index contributed by atoms with van der Waals surface area (Å²) in [7, 11) is 4.08. The van der Waals surface area contributed by atoms with E-state index in [9.17, 15) is 4.79 Å². The second-order valence-electron chi connectivity index (χ2n) is 7.63. The summed E-state index contributed by atoms with van der Waals surface area (Å²) in [5, 5.41) is 6.53. The topological polar surface area (TPSA) is 61.4 Å². The number of hydrogen-bond donors (Lipinski definition) is 1. The lowest BCUT2D eigenvalue weighted by Gasteiger charge is -2.35. The molecule has 1 amide bonds. The molecule has 0 unspecified atom stereocenters. The molecule has 29 heavy (non-hydrogen) atoms. The summed E-state index contributed by atoms with van der Waals surface area (Å²) in [4.78, 5) is 26.7. The molecule has 0 spiro atoms. The van der Waals surface area contributed by atoms with Gasteiger partial charge in [0, 0.05) is 37.0 Å². The highest BCUT2D eigenvalue weighted by atomic mass is 32.1. The van der Waals surface area contributed by atoms with Crippen LogP contribution in [0.15, 0.2) is 42.0 Å². The number of aromatic nitrogens is 2. The third-order valence-electron chi connectivity index (χ3n) is 5.72. The van der Waals surface area contributed by atoms with E-state index in [0.29, 0.717) is 19.0 Å². The Labute approximate surface area is 175 Å². The highest BCUT2D eigenvalue weighted by Gasteiger charge is 2.23. The van der Waals surface area contributed by atoms with Gasteiger partial charge in [-0.3, -0.25) is 4.79 Å². The molecule has 4 rings (SSSR count). The average Bonchev–Trinajstić information content (AvgIpc) is 3.19. The van der Waals surface area contributed by atoms with Gasteiger partial charge in [0.1, 0.15) is 17.0 Å². The van der Waals surface area contributed by atoms with Gasteiger partial charge in [0.2, 0.25) is 5.91 Å². The van der Waals surface area contributed by atoms with E-state index in [1.807, 2.05) is 30.1 Å². The Balaban J connectivity index is 1.42. The zero-order valence-electron chi connectivity index (χ0n) is 17.0. The average molecular weight is 410 g/mol. The van der Waals surface area contributed by atoms with Crippen molar-refractivity contribution < 1.29 is 4.79 Å². The molecule has 0 radical (unpaired) electrons. The minimum atomic E-state index is 0.186. The molecule has 2 aromatic heterocycles. The number of carbonyl (C=O) groups is 1. The Morgan fingerprint density at radius 2 is 2.00 bits per heavy atom. The number of piperidine rings is 1. The fourth-order valence-corrected chi connectivity index (χ4v) is 4.81. The third-order valence-corrected chi connectivity index (χ3v) is 6.60. The molecule has 1 aromatic carbocycles. The summed E-state index contributed by atoms with van der Waals surface area (Å²) in [6.07, 6.45) is 4.14. The predicted molar refractivity (Wildman–Crippen MR) is 119 cm³/mol. The maximum Gasteiger partial charge on any atom is 0.224 e. The Bertz CT molecular complexity index is 966. The van der Waals surface area contributed by atoms with E-state index in [1.165, 1.54) is 0 Å². The van der Waals surface area contributed by atoms with Crippen LogP contribution in [0, 0.1) is 0 Å². The molecule has 7 heteroatoms. The first-order chi connectivity index (χ1) is 14.1. The van der Waals surface area contributed by atoms with Crippen LogP contribution in [-0.4, -0.2) is 65.4 Å². The van der Waals surface area contributed by atoms with Crippen molar-refractivity contribution >= 4 is 33.3 Å². The van der Waals surface area contributed by atoms with Crippen molar-refractivity contribution in [3.8, 4) is 11.1 Å². The molecule has 1 aliphatic rings. The summed E-state index contributed by atoms with van der Waals surface area (Å²) in [5.74, 6) is 0.982. The SMILES string of the molecule is CN1CCC(N(C)C(=O)CCNc2ncnc3scc(-c4ccccc4)c23)CC1. The number of nitrogens with zero attached hydrogens (tertiary/aromatic N) is 4. The van der Waals surface area contributed by atoms with Crippen molar-refractivity contribution in [1.29, 1.82) is 0 Å². The minimum Gasteiger partial charge on any atom is -0.369 e. The van der Waals surface area contributed by atoms with E-state index in [4.69, 9.17) is 0 Å². The number of thiophene rings is 1. The largest absolute Gasteiger partial charge is 0.369 e. The number of fused-ring (bicyclic) bond motifs is 1. The number of amides is 1. The first kappa shape index (κ1) is 19.8. The summed E-state index contributed by atoms with van der Waals surface area (Å²) in [5.41, 5.74) is 2.28. The Morgan fingerprint density at radius 3 is 2.76 bits per heavy atom. The van der Waals surface area contributed by atoms with Crippen molar-refractivity contribution in [3.63, 3.8) is 0 Å². The van der Waals surface area contributed by atoms with Gasteiger partial charge in [-0.25, -0.2) is 9.97 Å². The van der Waals surface area contributed by atoms with Gasteiger partial charge >= 0.3 is 0 Å². The molecule has 3 aromatic rings. The van der Waals surface area contributed by atoms with Crippen LogP contribution in [0.1, 0.15) is 19.3 Å². The van der Waals surface area contributed by atoms with E-state index in [2.05, 4.69) is 44.7 Å².